The summed E-state index contributed by atoms with van der Waals surface area (Å²) in [7, 11) is 0. The van der Waals surface area contributed by atoms with E-state index >= 15 is 0 Å². The Labute approximate surface area is 137 Å². The van der Waals surface area contributed by atoms with Gasteiger partial charge in [-0.05, 0) is 43.2 Å². The number of fused-ring (bicyclic) bond motifs is 2. The van der Waals surface area contributed by atoms with Crippen molar-refractivity contribution in [3.63, 3.8) is 0 Å². The maximum absolute atomic E-state index is 12.2. The standard InChI is InChI=1S/C17H16N6O/c1-10-11(2)20-14-5-4-12(8-13(10)14)9-19-16(24)15-21-17-18-6-3-7-23(17)22-15/h3-8,20H,9H2,1-2H3,(H,19,24). The van der Waals surface area contributed by atoms with Gasteiger partial charge in [-0.2, -0.15) is 4.98 Å². The molecule has 3 aromatic heterocycles. The van der Waals surface area contributed by atoms with E-state index in [-0.39, 0.29) is 11.7 Å². The highest BCUT2D eigenvalue weighted by molar-refractivity contribution is 5.91. The molecule has 7 nitrogen and oxygen atoms in total. The number of hydrogen-bond donors (Lipinski definition) is 2. The second kappa shape index (κ2) is 5.45. The number of carbonyl (C=O) groups excluding carboxylic acids is 1. The Hall–Kier alpha value is -3.22. The zero-order valence-electron chi connectivity index (χ0n) is 13.4. The van der Waals surface area contributed by atoms with Gasteiger partial charge in [-0.15, -0.1) is 5.10 Å². The van der Waals surface area contributed by atoms with E-state index in [1.165, 1.54) is 15.5 Å². The SMILES string of the molecule is Cc1[nH]c2ccc(CNC(=O)c3nc4ncccn4n3)cc2c1C. The summed E-state index contributed by atoms with van der Waals surface area (Å²) in [5.41, 5.74) is 4.52. The largest absolute Gasteiger partial charge is 0.358 e. The minimum atomic E-state index is -0.317. The molecule has 0 fully saturated rings. The van der Waals surface area contributed by atoms with Crippen LogP contribution in [0, 0.1) is 13.8 Å². The number of nitrogens with one attached hydrogen (secondary N) is 2. The third kappa shape index (κ3) is 2.40. The summed E-state index contributed by atoms with van der Waals surface area (Å²) in [5, 5.41) is 8.15. The van der Waals surface area contributed by atoms with Crippen LogP contribution in [0.2, 0.25) is 0 Å². The Morgan fingerprint density at radius 2 is 2.21 bits per heavy atom. The maximum Gasteiger partial charge on any atom is 0.291 e. The van der Waals surface area contributed by atoms with Gasteiger partial charge in [-0.3, -0.25) is 4.79 Å². The first-order valence-corrected chi connectivity index (χ1v) is 7.65. The number of amides is 1. The molecule has 0 unspecified atom stereocenters. The van der Waals surface area contributed by atoms with Crippen molar-refractivity contribution in [2.45, 2.75) is 20.4 Å². The Morgan fingerprint density at radius 1 is 1.33 bits per heavy atom. The molecule has 0 radical (unpaired) electrons. The predicted octanol–water partition coefficient (Wildman–Crippen LogP) is 2.15. The van der Waals surface area contributed by atoms with Crippen molar-refractivity contribution in [1.82, 2.24) is 29.9 Å². The summed E-state index contributed by atoms with van der Waals surface area (Å²) in [6, 6.07) is 7.85. The summed E-state index contributed by atoms with van der Waals surface area (Å²) in [6.45, 7) is 4.56. The average molecular weight is 320 g/mol. The Bertz CT molecular complexity index is 1030. The van der Waals surface area contributed by atoms with Crippen LogP contribution in [0.4, 0.5) is 0 Å². The van der Waals surface area contributed by atoms with E-state index in [0.29, 0.717) is 12.3 Å². The normalized spacial score (nSPS) is 11.2. The van der Waals surface area contributed by atoms with E-state index < -0.39 is 0 Å². The van der Waals surface area contributed by atoms with Crippen LogP contribution in [0.15, 0.2) is 36.7 Å². The molecule has 3 heterocycles. The van der Waals surface area contributed by atoms with Crippen LogP contribution in [0.5, 0.6) is 0 Å². The topological polar surface area (TPSA) is 88.0 Å². The highest BCUT2D eigenvalue weighted by Gasteiger charge is 2.13. The van der Waals surface area contributed by atoms with Crippen molar-refractivity contribution in [1.29, 1.82) is 0 Å². The van der Waals surface area contributed by atoms with E-state index in [2.05, 4.69) is 45.3 Å². The van der Waals surface area contributed by atoms with Crippen LogP contribution >= 0.6 is 0 Å². The van der Waals surface area contributed by atoms with Gasteiger partial charge in [-0.1, -0.05) is 6.07 Å². The van der Waals surface area contributed by atoms with E-state index in [0.717, 1.165) is 16.8 Å². The quantitative estimate of drug-likeness (QED) is 0.605. The Morgan fingerprint density at radius 3 is 3.04 bits per heavy atom. The highest BCUT2D eigenvalue weighted by Crippen LogP contribution is 2.22. The third-order valence-electron chi connectivity index (χ3n) is 4.15. The molecule has 1 aromatic carbocycles. The third-order valence-corrected chi connectivity index (χ3v) is 4.15. The van der Waals surface area contributed by atoms with Crippen molar-refractivity contribution >= 4 is 22.6 Å². The molecule has 0 aliphatic rings. The summed E-state index contributed by atoms with van der Waals surface area (Å²) in [5.74, 6) is 0.202. The van der Waals surface area contributed by atoms with Gasteiger partial charge in [0.25, 0.3) is 11.7 Å². The molecule has 0 atom stereocenters. The summed E-state index contributed by atoms with van der Waals surface area (Å²) in [4.78, 5) is 23.8. The zero-order chi connectivity index (χ0) is 16.7. The molecule has 0 saturated heterocycles. The van der Waals surface area contributed by atoms with Crippen molar-refractivity contribution in [3.8, 4) is 0 Å². The molecular weight excluding hydrogens is 304 g/mol. The predicted molar refractivity (Wildman–Crippen MR) is 89.7 cm³/mol. The smallest absolute Gasteiger partial charge is 0.291 e. The lowest BCUT2D eigenvalue weighted by molar-refractivity contribution is 0.0940. The molecule has 0 aliphatic heterocycles. The first kappa shape index (κ1) is 14.4. The number of rotatable bonds is 3. The van der Waals surface area contributed by atoms with Crippen LogP contribution in [0.3, 0.4) is 0 Å². The molecule has 0 saturated carbocycles. The lowest BCUT2D eigenvalue weighted by atomic mass is 10.1. The summed E-state index contributed by atoms with van der Waals surface area (Å²) >= 11 is 0. The Kier molecular flexibility index (Phi) is 3.26. The van der Waals surface area contributed by atoms with Crippen LogP contribution in [-0.2, 0) is 6.54 Å². The van der Waals surface area contributed by atoms with E-state index in [1.54, 1.807) is 18.5 Å². The minimum Gasteiger partial charge on any atom is -0.358 e. The lowest BCUT2D eigenvalue weighted by Gasteiger charge is -2.03. The molecule has 2 N–H and O–H groups in total. The lowest BCUT2D eigenvalue weighted by Crippen LogP contribution is -2.24. The van der Waals surface area contributed by atoms with Crippen molar-refractivity contribution < 1.29 is 4.79 Å². The van der Waals surface area contributed by atoms with Gasteiger partial charge in [0.05, 0.1) is 0 Å². The van der Waals surface area contributed by atoms with Gasteiger partial charge in [0, 0.05) is 35.5 Å². The molecule has 7 heteroatoms. The molecule has 0 aliphatic carbocycles. The summed E-state index contributed by atoms with van der Waals surface area (Å²) in [6.07, 6.45) is 3.32. The van der Waals surface area contributed by atoms with Crippen molar-refractivity contribution in [2.75, 3.05) is 0 Å². The average Bonchev–Trinajstić information content (AvgIpc) is 3.15. The number of carbonyl (C=O) groups is 1. The molecular formula is C17H16N6O. The zero-order valence-corrected chi connectivity index (χ0v) is 13.4. The van der Waals surface area contributed by atoms with E-state index in [4.69, 9.17) is 0 Å². The molecule has 4 rings (SSSR count). The van der Waals surface area contributed by atoms with Gasteiger partial charge in [-0.25, -0.2) is 9.50 Å². The fourth-order valence-corrected chi connectivity index (χ4v) is 2.71. The fraction of sp³-hybridized carbons (Fsp3) is 0.176. The van der Waals surface area contributed by atoms with Gasteiger partial charge in [0.1, 0.15) is 0 Å². The van der Waals surface area contributed by atoms with Crippen molar-refractivity contribution in [2.24, 2.45) is 0 Å². The van der Waals surface area contributed by atoms with Crippen LogP contribution in [0.25, 0.3) is 16.7 Å². The molecule has 24 heavy (non-hydrogen) atoms. The van der Waals surface area contributed by atoms with Gasteiger partial charge in [0.15, 0.2) is 0 Å². The van der Waals surface area contributed by atoms with Gasteiger partial charge in [0.2, 0.25) is 5.82 Å². The molecule has 0 spiro atoms. The first-order valence-electron chi connectivity index (χ1n) is 7.65. The monoisotopic (exact) mass is 320 g/mol. The van der Waals surface area contributed by atoms with Crippen LogP contribution < -0.4 is 5.32 Å². The maximum atomic E-state index is 12.2. The van der Waals surface area contributed by atoms with E-state index in [1.807, 2.05) is 12.1 Å². The number of aromatic amines is 1. The van der Waals surface area contributed by atoms with Crippen LogP contribution in [0.1, 0.15) is 27.4 Å². The number of aromatic nitrogens is 5. The van der Waals surface area contributed by atoms with Crippen molar-refractivity contribution in [3.05, 3.63) is 59.3 Å². The van der Waals surface area contributed by atoms with Crippen LogP contribution in [-0.4, -0.2) is 30.5 Å². The molecule has 0 bridgehead atoms. The number of nitrogens with zero attached hydrogens (tertiary/aromatic N) is 4. The van der Waals surface area contributed by atoms with E-state index in [9.17, 15) is 4.79 Å². The molecule has 1 amide bonds. The summed E-state index contributed by atoms with van der Waals surface area (Å²) < 4.78 is 1.48. The van der Waals surface area contributed by atoms with Gasteiger partial charge < -0.3 is 10.3 Å². The number of hydrogen-bond acceptors (Lipinski definition) is 4. The minimum absolute atomic E-state index is 0.114. The second-order valence-electron chi connectivity index (χ2n) is 5.74. The highest BCUT2D eigenvalue weighted by atomic mass is 16.2. The molecule has 4 aromatic rings. The fourth-order valence-electron chi connectivity index (χ4n) is 2.71. The number of H-pyrrole nitrogens is 1. The second-order valence-corrected chi connectivity index (χ2v) is 5.74. The Balaban J connectivity index is 1.53. The molecule has 120 valence electrons. The van der Waals surface area contributed by atoms with Gasteiger partial charge >= 0.3 is 0 Å². The number of aryl methyl sites for hydroxylation is 2. The first-order chi connectivity index (χ1) is 11.6. The number of benzene rings is 1.